The molecule has 0 bridgehead atoms. The van der Waals surface area contributed by atoms with E-state index in [0.717, 1.165) is 45.7 Å². The Morgan fingerprint density at radius 3 is 2.86 bits per heavy atom. The lowest BCUT2D eigenvalue weighted by Gasteiger charge is -2.25. The molecule has 1 aliphatic carbocycles. The zero-order valence-electron chi connectivity index (χ0n) is 11.4. The van der Waals surface area contributed by atoms with Crippen molar-refractivity contribution in [1.82, 2.24) is 9.97 Å². The Bertz CT molecular complexity index is 752. The molecule has 1 aliphatic heterocycles. The Kier molecular flexibility index (Phi) is 3.24. The van der Waals surface area contributed by atoms with Gasteiger partial charge in [0.25, 0.3) is 5.56 Å². The van der Waals surface area contributed by atoms with E-state index in [4.69, 9.17) is 9.72 Å². The molecule has 1 aromatic heterocycles. The summed E-state index contributed by atoms with van der Waals surface area (Å²) in [7, 11) is 0. The number of nitrogens with zero attached hydrogens (tertiary/aromatic N) is 1. The molecule has 2 heterocycles. The van der Waals surface area contributed by atoms with E-state index < -0.39 is 0 Å². The van der Waals surface area contributed by atoms with E-state index in [1.807, 2.05) is 18.2 Å². The summed E-state index contributed by atoms with van der Waals surface area (Å²) in [5.41, 5.74) is 2.10. The molecule has 4 nitrogen and oxygen atoms in total. The van der Waals surface area contributed by atoms with E-state index in [0.29, 0.717) is 12.5 Å². The number of rotatable bonds is 2. The summed E-state index contributed by atoms with van der Waals surface area (Å²) < 4.78 is 6.45. The van der Waals surface area contributed by atoms with Crippen molar-refractivity contribution in [1.29, 1.82) is 0 Å². The van der Waals surface area contributed by atoms with Crippen LogP contribution in [0, 0.1) is 3.57 Å². The molecule has 1 atom stereocenters. The SMILES string of the molecule is O=c1[nH]c(C2CCOc3ccccc32)nc(C2CC2)c1I. The second-order valence-electron chi connectivity index (χ2n) is 5.65. The van der Waals surface area contributed by atoms with Crippen molar-refractivity contribution >= 4 is 22.6 Å². The highest BCUT2D eigenvalue weighted by molar-refractivity contribution is 14.1. The van der Waals surface area contributed by atoms with Crippen molar-refractivity contribution in [2.75, 3.05) is 6.61 Å². The fourth-order valence-electron chi connectivity index (χ4n) is 2.91. The number of aromatic nitrogens is 2. The summed E-state index contributed by atoms with van der Waals surface area (Å²) in [6.45, 7) is 0.663. The van der Waals surface area contributed by atoms with Gasteiger partial charge >= 0.3 is 0 Å². The lowest BCUT2D eigenvalue weighted by molar-refractivity contribution is 0.274. The molecule has 21 heavy (non-hydrogen) atoms. The van der Waals surface area contributed by atoms with Gasteiger partial charge < -0.3 is 9.72 Å². The Labute approximate surface area is 136 Å². The van der Waals surface area contributed by atoms with E-state index in [1.165, 1.54) is 0 Å². The fourth-order valence-corrected chi connectivity index (χ4v) is 3.61. The lowest BCUT2D eigenvalue weighted by atomic mass is 9.92. The minimum absolute atomic E-state index is 0.00790. The van der Waals surface area contributed by atoms with Crippen LogP contribution in [0.25, 0.3) is 0 Å². The maximum absolute atomic E-state index is 12.2. The van der Waals surface area contributed by atoms with Gasteiger partial charge in [-0.25, -0.2) is 4.98 Å². The van der Waals surface area contributed by atoms with E-state index in [2.05, 4.69) is 33.6 Å². The lowest BCUT2D eigenvalue weighted by Crippen LogP contribution is -2.23. The standard InChI is InChI=1S/C16H15IN2O2/c17-13-14(9-5-6-9)18-15(19-16(13)20)11-7-8-21-12-4-2-1-3-10(11)12/h1-4,9,11H,5-8H2,(H,18,19,20). The summed E-state index contributed by atoms with van der Waals surface area (Å²) in [5, 5.41) is 0. The van der Waals surface area contributed by atoms with Crippen molar-refractivity contribution in [2.45, 2.75) is 31.1 Å². The number of aromatic amines is 1. The van der Waals surface area contributed by atoms with Crippen LogP contribution in [-0.2, 0) is 0 Å². The first-order valence-electron chi connectivity index (χ1n) is 7.25. The average molecular weight is 394 g/mol. The third-order valence-electron chi connectivity index (χ3n) is 4.16. The van der Waals surface area contributed by atoms with Crippen LogP contribution >= 0.6 is 22.6 Å². The maximum Gasteiger partial charge on any atom is 0.264 e. The Hall–Kier alpha value is -1.37. The van der Waals surface area contributed by atoms with E-state index >= 15 is 0 Å². The molecule has 4 rings (SSSR count). The molecule has 1 saturated carbocycles. The average Bonchev–Trinajstić information content (AvgIpc) is 3.34. The van der Waals surface area contributed by atoms with E-state index in [9.17, 15) is 4.79 Å². The molecule has 1 fully saturated rings. The minimum atomic E-state index is -0.00790. The molecular weight excluding hydrogens is 379 g/mol. The number of hydrogen-bond donors (Lipinski definition) is 1. The van der Waals surface area contributed by atoms with Gasteiger partial charge in [0.1, 0.15) is 11.6 Å². The zero-order valence-corrected chi connectivity index (χ0v) is 13.6. The Balaban J connectivity index is 1.83. The summed E-state index contributed by atoms with van der Waals surface area (Å²) in [6.07, 6.45) is 3.15. The summed E-state index contributed by atoms with van der Waals surface area (Å²) in [4.78, 5) is 20.0. The number of benzene rings is 1. The summed E-state index contributed by atoms with van der Waals surface area (Å²) >= 11 is 2.12. The molecule has 1 unspecified atom stereocenters. The molecular formula is C16H15IN2O2. The van der Waals surface area contributed by atoms with Crippen molar-refractivity contribution in [3.05, 3.63) is 55.3 Å². The number of para-hydroxylation sites is 1. The van der Waals surface area contributed by atoms with Gasteiger partial charge in [0, 0.05) is 17.4 Å². The van der Waals surface area contributed by atoms with Crippen LogP contribution in [0.15, 0.2) is 29.1 Å². The Morgan fingerprint density at radius 2 is 2.05 bits per heavy atom. The third kappa shape index (κ3) is 2.37. The van der Waals surface area contributed by atoms with Gasteiger partial charge in [-0.05, 0) is 47.9 Å². The molecule has 2 aromatic rings. The van der Waals surface area contributed by atoms with Gasteiger partial charge in [-0.2, -0.15) is 0 Å². The molecule has 1 aromatic carbocycles. The summed E-state index contributed by atoms with van der Waals surface area (Å²) in [6, 6.07) is 8.02. The quantitative estimate of drug-likeness (QED) is 0.797. The highest BCUT2D eigenvalue weighted by atomic mass is 127. The Morgan fingerprint density at radius 1 is 1.24 bits per heavy atom. The summed E-state index contributed by atoms with van der Waals surface area (Å²) in [5.74, 6) is 2.30. The van der Waals surface area contributed by atoms with Gasteiger partial charge in [-0.15, -0.1) is 0 Å². The van der Waals surface area contributed by atoms with Crippen LogP contribution in [-0.4, -0.2) is 16.6 Å². The largest absolute Gasteiger partial charge is 0.493 e. The van der Waals surface area contributed by atoms with Gasteiger partial charge in [0.05, 0.1) is 15.9 Å². The molecule has 1 N–H and O–H groups in total. The predicted molar refractivity (Wildman–Crippen MR) is 87.9 cm³/mol. The van der Waals surface area contributed by atoms with Crippen LogP contribution in [0.3, 0.4) is 0 Å². The second kappa shape index (κ2) is 5.12. The number of H-pyrrole nitrogens is 1. The van der Waals surface area contributed by atoms with Crippen molar-refractivity contribution in [3.63, 3.8) is 0 Å². The highest BCUT2D eigenvalue weighted by Gasteiger charge is 2.31. The van der Waals surface area contributed by atoms with E-state index in [1.54, 1.807) is 0 Å². The first-order chi connectivity index (χ1) is 10.2. The van der Waals surface area contributed by atoms with Crippen LogP contribution in [0.2, 0.25) is 0 Å². The first-order valence-corrected chi connectivity index (χ1v) is 8.33. The fraction of sp³-hybridized carbons (Fsp3) is 0.375. The van der Waals surface area contributed by atoms with E-state index in [-0.39, 0.29) is 11.5 Å². The van der Waals surface area contributed by atoms with Gasteiger partial charge in [-0.3, -0.25) is 4.79 Å². The second-order valence-corrected chi connectivity index (χ2v) is 6.73. The monoisotopic (exact) mass is 394 g/mol. The van der Waals surface area contributed by atoms with Crippen LogP contribution in [0.5, 0.6) is 5.75 Å². The predicted octanol–water partition coefficient (Wildman–Crippen LogP) is 3.17. The van der Waals surface area contributed by atoms with Gasteiger partial charge in [0.2, 0.25) is 0 Å². The normalized spacial score (nSPS) is 20.7. The number of ether oxygens (including phenoxy) is 1. The number of halogens is 1. The number of hydrogen-bond acceptors (Lipinski definition) is 3. The third-order valence-corrected chi connectivity index (χ3v) is 5.20. The van der Waals surface area contributed by atoms with Crippen molar-refractivity contribution in [2.24, 2.45) is 0 Å². The zero-order chi connectivity index (χ0) is 14.4. The molecule has 0 spiro atoms. The smallest absolute Gasteiger partial charge is 0.264 e. The molecule has 0 amide bonds. The molecule has 108 valence electrons. The topological polar surface area (TPSA) is 55.0 Å². The van der Waals surface area contributed by atoms with Crippen molar-refractivity contribution in [3.8, 4) is 5.75 Å². The van der Waals surface area contributed by atoms with Gasteiger partial charge in [-0.1, -0.05) is 18.2 Å². The van der Waals surface area contributed by atoms with Crippen LogP contribution in [0.4, 0.5) is 0 Å². The molecule has 0 radical (unpaired) electrons. The molecule has 0 saturated heterocycles. The molecule has 2 aliphatic rings. The van der Waals surface area contributed by atoms with Crippen LogP contribution in [0.1, 0.15) is 48.2 Å². The minimum Gasteiger partial charge on any atom is -0.493 e. The number of fused-ring (bicyclic) bond motifs is 1. The highest BCUT2D eigenvalue weighted by Crippen LogP contribution is 2.41. The van der Waals surface area contributed by atoms with Crippen molar-refractivity contribution < 1.29 is 4.74 Å². The van der Waals surface area contributed by atoms with Crippen LogP contribution < -0.4 is 10.3 Å². The van der Waals surface area contributed by atoms with Gasteiger partial charge in [0.15, 0.2) is 0 Å². The number of nitrogens with one attached hydrogen (secondary N) is 1. The first kappa shape index (κ1) is 13.3. The maximum atomic E-state index is 12.2. The molecule has 5 heteroatoms.